The summed E-state index contributed by atoms with van der Waals surface area (Å²) in [4.78, 5) is 24.0. The molecule has 6 heteroatoms. The average molecular weight is 314 g/mol. The number of hydrogen-bond acceptors (Lipinski definition) is 2. The molecule has 1 fully saturated rings. The first-order valence-corrected chi connectivity index (χ1v) is 7.26. The van der Waals surface area contributed by atoms with E-state index < -0.39 is 23.2 Å². The van der Waals surface area contributed by atoms with Crippen molar-refractivity contribution in [2.75, 3.05) is 0 Å². The Balaban J connectivity index is 2.31. The van der Waals surface area contributed by atoms with E-state index in [0.717, 1.165) is 25.3 Å². The fourth-order valence-electron chi connectivity index (χ4n) is 2.85. The Morgan fingerprint density at radius 1 is 1.43 bits per heavy atom. The highest BCUT2D eigenvalue weighted by molar-refractivity contribution is 6.34. The summed E-state index contributed by atoms with van der Waals surface area (Å²) in [5.41, 5.74) is -1.36. The van der Waals surface area contributed by atoms with Gasteiger partial charge in [0.15, 0.2) is 0 Å². The molecule has 2 N–H and O–H groups in total. The molecule has 1 aliphatic rings. The van der Waals surface area contributed by atoms with Gasteiger partial charge in [-0.05, 0) is 30.9 Å². The number of halogens is 2. The molecule has 1 amide bonds. The van der Waals surface area contributed by atoms with Crippen LogP contribution in [0.1, 0.15) is 43.0 Å². The van der Waals surface area contributed by atoms with Crippen molar-refractivity contribution in [2.24, 2.45) is 5.92 Å². The fraction of sp³-hybridized carbons (Fsp3) is 0.467. The Morgan fingerprint density at radius 3 is 2.76 bits per heavy atom. The predicted octanol–water partition coefficient (Wildman–Crippen LogP) is 3.24. The van der Waals surface area contributed by atoms with Gasteiger partial charge in [-0.15, -0.1) is 0 Å². The summed E-state index contributed by atoms with van der Waals surface area (Å²) in [6.45, 7) is 1.81. The molecule has 0 aromatic heterocycles. The number of rotatable bonds is 3. The number of amides is 1. The molecule has 0 spiro atoms. The summed E-state index contributed by atoms with van der Waals surface area (Å²) in [5, 5.41) is 11.8. The molecule has 1 aromatic carbocycles. The molecule has 4 nitrogen and oxygen atoms in total. The van der Waals surface area contributed by atoms with Crippen molar-refractivity contribution >= 4 is 23.5 Å². The molecule has 0 saturated heterocycles. The summed E-state index contributed by atoms with van der Waals surface area (Å²) < 4.78 is 13.4. The molecule has 0 bridgehead atoms. The normalized spacial score (nSPS) is 25.4. The van der Waals surface area contributed by atoms with Crippen LogP contribution in [-0.2, 0) is 4.79 Å². The van der Waals surface area contributed by atoms with Crippen LogP contribution in [0, 0.1) is 11.7 Å². The van der Waals surface area contributed by atoms with Crippen LogP contribution in [0.3, 0.4) is 0 Å². The minimum Gasteiger partial charge on any atom is -0.479 e. The minimum absolute atomic E-state index is 0.0462. The van der Waals surface area contributed by atoms with Gasteiger partial charge in [0.2, 0.25) is 0 Å². The molecule has 1 saturated carbocycles. The van der Waals surface area contributed by atoms with Crippen LogP contribution in [0.15, 0.2) is 18.2 Å². The second-order valence-corrected chi connectivity index (χ2v) is 5.86. The number of nitrogens with one attached hydrogen (secondary N) is 1. The largest absolute Gasteiger partial charge is 0.479 e. The van der Waals surface area contributed by atoms with Crippen LogP contribution < -0.4 is 5.32 Å². The van der Waals surface area contributed by atoms with Gasteiger partial charge in [-0.2, -0.15) is 0 Å². The van der Waals surface area contributed by atoms with Gasteiger partial charge >= 0.3 is 5.97 Å². The fourth-order valence-corrected chi connectivity index (χ4v) is 3.06. The molecular formula is C15H17ClFNO3. The number of carboxylic acids is 1. The molecule has 2 unspecified atom stereocenters. The Labute approximate surface area is 127 Å². The monoisotopic (exact) mass is 313 g/mol. The molecule has 2 rings (SSSR count). The second-order valence-electron chi connectivity index (χ2n) is 5.48. The molecule has 0 aliphatic heterocycles. The first-order chi connectivity index (χ1) is 9.88. The van der Waals surface area contributed by atoms with Crippen molar-refractivity contribution in [1.82, 2.24) is 5.32 Å². The smallest absolute Gasteiger partial charge is 0.329 e. The lowest BCUT2D eigenvalue weighted by Gasteiger charge is -2.39. The van der Waals surface area contributed by atoms with Gasteiger partial charge in [-0.3, -0.25) is 4.79 Å². The van der Waals surface area contributed by atoms with Gasteiger partial charge in [-0.1, -0.05) is 37.4 Å². The maximum atomic E-state index is 13.4. The predicted molar refractivity (Wildman–Crippen MR) is 76.9 cm³/mol. The van der Waals surface area contributed by atoms with E-state index in [-0.39, 0.29) is 16.5 Å². The number of hydrogen-bond donors (Lipinski definition) is 2. The van der Waals surface area contributed by atoms with Gasteiger partial charge in [0, 0.05) is 0 Å². The first-order valence-electron chi connectivity index (χ1n) is 6.88. The van der Waals surface area contributed by atoms with E-state index >= 15 is 0 Å². The van der Waals surface area contributed by atoms with Crippen molar-refractivity contribution in [2.45, 2.75) is 38.1 Å². The molecule has 0 radical (unpaired) electrons. The minimum atomic E-state index is -1.31. The van der Waals surface area contributed by atoms with Gasteiger partial charge in [0.25, 0.3) is 5.91 Å². The first kappa shape index (κ1) is 15.8. The van der Waals surface area contributed by atoms with Crippen molar-refractivity contribution in [1.29, 1.82) is 0 Å². The highest BCUT2D eigenvalue weighted by Gasteiger charge is 2.46. The SMILES string of the molecule is CC1CCCCC1(NC(=O)c1cccc(F)c1Cl)C(=O)O. The van der Waals surface area contributed by atoms with E-state index in [2.05, 4.69) is 5.32 Å². The number of aliphatic carboxylic acids is 1. The Hall–Kier alpha value is -1.62. The quantitative estimate of drug-likeness (QED) is 0.900. The molecule has 1 aromatic rings. The lowest BCUT2D eigenvalue weighted by atomic mass is 9.73. The molecule has 1 aliphatic carbocycles. The van der Waals surface area contributed by atoms with Gasteiger partial charge < -0.3 is 10.4 Å². The van der Waals surface area contributed by atoms with E-state index in [1.165, 1.54) is 12.1 Å². The summed E-state index contributed by atoms with van der Waals surface area (Å²) in [7, 11) is 0. The molecule has 2 atom stereocenters. The number of benzene rings is 1. The van der Waals surface area contributed by atoms with Crippen LogP contribution in [0.4, 0.5) is 4.39 Å². The third kappa shape index (κ3) is 2.88. The maximum Gasteiger partial charge on any atom is 0.329 e. The summed E-state index contributed by atoms with van der Waals surface area (Å²) >= 11 is 5.78. The zero-order valence-electron chi connectivity index (χ0n) is 11.7. The van der Waals surface area contributed by atoms with E-state index in [0.29, 0.717) is 6.42 Å². The molecule has 21 heavy (non-hydrogen) atoms. The van der Waals surface area contributed by atoms with Gasteiger partial charge in [0.05, 0.1) is 10.6 Å². The lowest BCUT2D eigenvalue weighted by molar-refractivity contribution is -0.148. The van der Waals surface area contributed by atoms with Gasteiger partial charge in [-0.25, -0.2) is 9.18 Å². The van der Waals surface area contributed by atoms with Crippen molar-refractivity contribution < 1.29 is 19.1 Å². The molecule has 0 heterocycles. The zero-order valence-corrected chi connectivity index (χ0v) is 12.4. The van der Waals surface area contributed by atoms with E-state index in [1.54, 1.807) is 6.92 Å². The van der Waals surface area contributed by atoms with Crippen molar-refractivity contribution in [3.05, 3.63) is 34.6 Å². The maximum absolute atomic E-state index is 13.4. The summed E-state index contributed by atoms with van der Waals surface area (Å²) in [6.07, 6.45) is 2.76. The van der Waals surface area contributed by atoms with Crippen LogP contribution in [0.5, 0.6) is 0 Å². The van der Waals surface area contributed by atoms with E-state index in [1.807, 2.05) is 0 Å². The third-order valence-corrected chi connectivity index (χ3v) is 4.60. The number of carbonyl (C=O) groups is 2. The highest BCUT2D eigenvalue weighted by Crippen LogP contribution is 2.34. The second kappa shape index (κ2) is 6.02. The van der Waals surface area contributed by atoms with Crippen molar-refractivity contribution in [3.8, 4) is 0 Å². The van der Waals surface area contributed by atoms with Crippen molar-refractivity contribution in [3.63, 3.8) is 0 Å². The van der Waals surface area contributed by atoms with E-state index in [9.17, 15) is 19.1 Å². The van der Waals surface area contributed by atoms with Crippen LogP contribution in [-0.4, -0.2) is 22.5 Å². The van der Waals surface area contributed by atoms with Crippen LogP contribution in [0.25, 0.3) is 0 Å². The average Bonchev–Trinajstić information content (AvgIpc) is 2.44. The standard InChI is InChI=1S/C15H17ClFNO3/c1-9-5-2-3-8-15(9,14(20)21)18-13(19)10-6-4-7-11(17)12(10)16/h4,6-7,9H,2-3,5,8H2,1H3,(H,18,19)(H,20,21). The van der Waals surface area contributed by atoms with Gasteiger partial charge in [0.1, 0.15) is 11.4 Å². The number of carbonyl (C=O) groups excluding carboxylic acids is 1. The van der Waals surface area contributed by atoms with Crippen LogP contribution in [0.2, 0.25) is 5.02 Å². The van der Waals surface area contributed by atoms with E-state index in [4.69, 9.17) is 11.6 Å². The van der Waals surface area contributed by atoms with Crippen LogP contribution >= 0.6 is 11.6 Å². The Morgan fingerprint density at radius 2 is 2.14 bits per heavy atom. The highest BCUT2D eigenvalue weighted by atomic mass is 35.5. The summed E-state index contributed by atoms with van der Waals surface area (Å²) in [5.74, 6) is -2.61. The number of carboxylic acid groups (broad SMARTS) is 1. The Kier molecular flexibility index (Phi) is 4.52. The topological polar surface area (TPSA) is 66.4 Å². The molecular weight excluding hydrogens is 297 g/mol. The molecule has 114 valence electrons. The Bertz CT molecular complexity index is 578. The lowest BCUT2D eigenvalue weighted by Crippen LogP contribution is -2.60. The summed E-state index contributed by atoms with van der Waals surface area (Å²) in [6, 6.07) is 3.90. The third-order valence-electron chi connectivity index (χ3n) is 4.21. The zero-order chi connectivity index (χ0) is 15.6.